The molecule has 2 nitrogen and oxygen atoms in total. The standard InChI is InChI=1S/C14H16BrF2NO/c1-18(10-5-3-2-4-6-10)14(19)13-11(16)7-9(15)8-12(13)17/h7-8,10H,2-6H2,1H3. The molecule has 1 aromatic carbocycles. The van der Waals surface area contributed by atoms with Gasteiger partial charge in [0.1, 0.15) is 17.2 Å². The van der Waals surface area contributed by atoms with Crippen molar-refractivity contribution in [1.82, 2.24) is 4.90 Å². The van der Waals surface area contributed by atoms with Crippen LogP contribution in [0.4, 0.5) is 8.78 Å². The highest BCUT2D eigenvalue weighted by Gasteiger charge is 2.27. The monoisotopic (exact) mass is 331 g/mol. The number of amides is 1. The zero-order chi connectivity index (χ0) is 14.0. The first kappa shape index (κ1) is 14.4. The highest BCUT2D eigenvalue weighted by atomic mass is 79.9. The minimum Gasteiger partial charge on any atom is -0.339 e. The molecule has 5 heteroatoms. The summed E-state index contributed by atoms with van der Waals surface area (Å²) in [6, 6.07) is 2.32. The fourth-order valence-electron chi connectivity index (χ4n) is 2.56. The first-order chi connectivity index (χ1) is 9.00. The predicted octanol–water partition coefficient (Wildman–Crippen LogP) is 4.13. The average Bonchev–Trinajstić information content (AvgIpc) is 2.37. The molecule has 0 aromatic heterocycles. The van der Waals surface area contributed by atoms with Gasteiger partial charge in [0.25, 0.3) is 5.91 Å². The van der Waals surface area contributed by atoms with Crippen molar-refractivity contribution in [3.8, 4) is 0 Å². The first-order valence-electron chi connectivity index (χ1n) is 6.42. The van der Waals surface area contributed by atoms with Crippen molar-refractivity contribution in [2.75, 3.05) is 7.05 Å². The van der Waals surface area contributed by atoms with E-state index in [9.17, 15) is 13.6 Å². The van der Waals surface area contributed by atoms with E-state index in [1.165, 1.54) is 11.3 Å². The summed E-state index contributed by atoms with van der Waals surface area (Å²) in [6.07, 6.45) is 5.10. The van der Waals surface area contributed by atoms with E-state index in [1.54, 1.807) is 7.05 Å². The lowest BCUT2D eigenvalue weighted by molar-refractivity contribution is 0.0686. The minimum absolute atomic E-state index is 0.0868. The number of hydrogen-bond acceptors (Lipinski definition) is 1. The van der Waals surface area contributed by atoms with Gasteiger partial charge in [0.15, 0.2) is 0 Å². The van der Waals surface area contributed by atoms with Crippen LogP contribution in [0, 0.1) is 11.6 Å². The van der Waals surface area contributed by atoms with Crippen LogP contribution in [-0.4, -0.2) is 23.9 Å². The fourth-order valence-corrected chi connectivity index (χ4v) is 2.96. The second-order valence-corrected chi connectivity index (χ2v) is 5.87. The highest BCUT2D eigenvalue weighted by Crippen LogP contribution is 2.25. The third kappa shape index (κ3) is 3.14. The molecular weight excluding hydrogens is 316 g/mol. The number of carbonyl (C=O) groups is 1. The molecule has 1 aromatic rings. The molecule has 0 unspecified atom stereocenters. The first-order valence-corrected chi connectivity index (χ1v) is 7.21. The Morgan fingerprint density at radius 1 is 1.21 bits per heavy atom. The Morgan fingerprint density at radius 2 is 1.74 bits per heavy atom. The van der Waals surface area contributed by atoms with Gasteiger partial charge in [0.05, 0.1) is 0 Å². The largest absolute Gasteiger partial charge is 0.339 e. The van der Waals surface area contributed by atoms with Crippen LogP contribution < -0.4 is 0 Å². The molecule has 0 bridgehead atoms. The summed E-state index contributed by atoms with van der Waals surface area (Å²) < 4.78 is 27.8. The third-order valence-electron chi connectivity index (χ3n) is 3.66. The van der Waals surface area contributed by atoms with Gasteiger partial charge in [0.2, 0.25) is 0 Å². The third-order valence-corrected chi connectivity index (χ3v) is 4.12. The number of hydrogen-bond donors (Lipinski definition) is 0. The van der Waals surface area contributed by atoms with E-state index >= 15 is 0 Å². The van der Waals surface area contributed by atoms with E-state index in [0.717, 1.165) is 37.8 Å². The second kappa shape index (κ2) is 5.99. The highest BCUT2D eigenvalue weighted by molar-refractivity contribution is 9.10. The second-order valence-electron chi connectivity index (χ2n) is 4.95. The number of halogens is 3. The quantitative estimate of drug-likeness (QED) is 0.797. The van der Waals surface area contributed by atoms with E-state index in [4.69, 9.17) is 0 Å². The van der Waals surface area contributed by atoms with Gasteiger partial charge >= 0.3 is 0 Å². The van der Waals surface area contributed by atoms with Crippen LogP contribution in [0.3, 0.4) is 0 Å². The molecule has 2 rings (SSSR count). The maximum absolute atomic E-state index is 13.8. The minimum atomic E-state index is -0.820. The van der Waals surface area contributed by atoms with Crippen molar-refractivity contribution in [1.29, 1.82) is 0 Å². The molecule has 104 valence electrons. The SMILES string of the molecule is CN(C(=O)c1c(F)cc(Br)cc1F)C1CCCCC1. The van der Waals surface area contributed by atoms with Crippen LogP contribution in [0.2, 0.25) is 0 Å². The van der Waals surface area contributed by atoms with Gasteiger partial charge in [-0.05, 0) is 25.0 Å². The van der Waals surface area contributed by atoms with Crippen LogP contribution in [0.25, 0.3) is 0 Å². The van der Waals surface area contributed by atoms with Crippen molar-refractivity contribution < 1.29 is 13.6 Å². The average molecular weight is 332 g/mol. The van der Waals surface area contributed by atoms with E-state index in [1.807, 2.05) is 0 Å². The fraction of sp³-hybridized carbons (Fsp3) is 0.500. The normalized spacial score (nSPS) is 16.4. The molecule has 19 heavy (non-hydrogen) atoms. The van der Waals surface area contributed by atoms with Crippen molar-refractivity contribution in [2.24, 2.45) is 0 Å². The van der Waals surface area contributed by atoms with Crippen molar-refractivity contribution in [3.05, 3.63) is 33.8 Å². The van der Waals surface area contributed by atoms with Crippen molar-refractivity contribution >= 4 is 21.8 Å². The van der Waals surface area contributed by atoms with Crippen molar-refractivity contribution in [2.45, 2.75) is 38.1 Å². The summed E-state index contributed by atoms with van der Waals surface area (Å²) >= 11 is 3.00. The van der Waals surface area contributed by atoms with Gasteiger partial charge in [-0.15, -0.1) is 0 Å². The number of benzene rings is 1. The van der Waals surface area contributed by atoms with Gasteiger partial charge in [-0.3, -0.25) is 4.79 Å². The summed E-state index contributed by atoms with van der Waals surface area (Å²) in [5.74, 6) is -2.21. The van der Waals surface area contributed by atoms with Crippen LogP contribution in [0.15, 0.2) is 16.6 Å². The molecule has 1 amide bonds. The molecule has 1 fully saturated rings. The van der Waals surface area contributed by atoms with E-state index in [0.29, 0.717) is 4.47 Å². The number of nitrogens with zero attached hydrogens (tertiary/aromatic N) is 1. The lowest BCUT2D eigenvalue weighted by Crippen LogP contribution is -2.39. The molecule has 0 heterocycles. The van der Waals surface area contributed by atoms with E-state index < -0.39 is 23.1 Å². The van der Waals surface area contributed by atoms with Gasteiger partial charge in [0, 0.05) is 17.6 Å². The molecule has 1 aliphatic rings. The Labute approximate surface area is 119 Å². The Balaban J connectivity index is 2.23. The van der Waals surface area contributed by atoms with Gasteiger partial charge in [-0.25, -0.2) is 8.78 Å². The lowest BCUT2D eigenvalue weighted by Gasteiger charge is -2.31. The molecule has 0 radical (unpaired) electrons. The summed E-state index contributed by atoms with van der Waals surface area (Å²) in [6.45, 7) is 0. The van der Waals surface area contributed by atoms with Crippen LogP contribution >= 0.6 is 15.9 Å². The molecule has 0 atom stereocenters. The zero-order valence-corrected chi connectivity index (χ0v) is 12.3. The summed E-state index contributed by atoms with van der Waals surface area (Å²) in [4.78, 5) is 13.7. The molecule has 1 saturated carbocycles. The maximum Gasteiger partial charge on any atom is 0.259 e. The molecule has 0 saturated heterocycles. The van der Waals surface area contributed by atoms with Crippen LogP contribution in [0.1, 0.15) is 42.5 Å². The van der Waals surface area contributed by atoms with E-state index in [-0.39, 0.29) is 6.04 Å². The molecule has 0 N–H and O–H groups in total. The molecule has 0 spiro atoms. The predicted molar refractivity (Wildman–Crippen MR) is 73.0 cm³/mol. The Morgan fingerprint density at radius 3 is 2.26 bits per heavy atom. The maximum atomic E-state index is 13.8. The van der Waals surface area contributed by atoms with Gasteiger partial charge in [-0.2, -0.15) is 0 Å². The Bertz CT molecular complexity index is 463. The molecule has 0 aliphatic heterocycles. The van der Waals surface area contributed by atoms with Crippen LogP contribution in [0.5, 0.6) is 0 Å². The van der Waals surface area contributed by atoms with Gasteiger partial charge < -0.3 is 4.90 Å². The summed E-state index contributed by atoms with van der Waals surface area (Å²) in [5, 5.41) is 0. The van der Waals surface area contributed by atoms with Crippen LogP contribution in [-0.2, 0) is 0 Å². The zero-order valence-electron chi connectivity index (χ0n) is 10.8. The van der Waals surface area contributed by atoms with E-state index in [2.05, 4.69) is 15.9 Å². The van der Waals surface area contributed by atoms with Gasteiger partial charge in [-0.1, -0.05) is 35.2 Å². The number of carbonyl (C=O) groups excluding carboxylic acids is 1. The lowest BCUT2D eigenvalue weighted by atomic mass is 9.94. The smallest absolute Gasteiger partial charge is 0.259 e. The summed E-state index contributed by atoms with van der Waals surface area (Å²) in [7, 11) is 1.62. The Kier molecular flexibility index (Phi) is 4.55. The summed E-state index contributed by atoms with van der Waals surface area (Å²) in [5.41, 5.74) is -0.462. The number of rotatable bonds is 2. The molecule has 1 aliphatic carbocycles. The van der Waals surface area contributed by atoms with Crippen molar-refractivity contribution in [3.63, 3.8) is 0 Å². The topological polar surface area (TPSA) is 20.3 Å². The molecular formula is C14H16BrF2NO. The Hall–Kier alpha value is -0.970.